The van der Waals surface area contributed by atoms with E-state index in [9.17, 15) is 10.5 Å². The molecule has 0 fully saturated rings. The van der Waals surface area contributed by atoms with Crippen molar-refractivity contribution in [1.82, 2.24) is 0 Å². The lowest BCUT2D eigenvalue weighted by Crippen LogP contribution is -1.93. The topological polar surface area (TPSA) is 47.6 Å². The third-order valence-electron chi connectivity index (χ3n) is 7.98. The minimum Gasteiger partial charge on any atom is -0.192 e. The number of nitrogens with zero attached hydrogens (tertiary/aromatic N) is 2. The van der Waals surface area contributed by atoms with E-state index in [1.54, 1.807) is 22.7 Å². The lowest BCUT2D eigenvalue weighted by molar-refractivity contribution is 1.46. The van der Waals surface area contributed by atoms with Gasteiger partial charge in [0.25, 0.3) is 0 Å². The van der Waals surface area contributed by atoms with Crippen LogP contribution >= 0.6 is 22.7 Å². The SMILES string of the molecule is N#Cc1ccc(-c2cc(-c3ccc4c(c3)sc3ccccc34)c(C#N)c(-c3ccc4c(c3)sc3ccccc34)c2)cc1. The molecule has 0 saturated carbocycles. The van der Waals surface area contributed by atoms with Crippen LogP contribution in [0.1, 0.15) is 11.1 Å². The van der Waals surface area contributed by atoms with Crippen LogP contribution in [0.15, 0.2) is 121 Å². The highest BCUT2D eigenvalue weighted by atomic mass is 32.1. The summed E-state index contributed by atoms with van der Waals surface area (Å²) in [6, 6.07) is 46.7. The van der Waals surface area contributed by atoms with Crippen molar-refractivity contribution >= 4 is 63.0 Å². The Bertz CT molecular complexity index is 2290. The van der Waals surface area contributed by atoms with Gasteiger partial charge >= 0.3 is 0 Å². The van der Waals surface area contributed by atoms with Crippen LogP contribution in [0.4, 0.5) is 0 Å². The van der Waals surface area contributed by atoms with Gasteiger partial charge in [0.2, 0.25) is 0 Å². The van der Waals surface area contributed by atoms with Gasteiger partial charge in [-0.05, 0) is 70.8 Å². The van der Waals surface area contributed by atoms with E-state index in [0.717, 1.165) is 33.4 Å². The van der Waals surface area contributed by atoms with E-state index in [-0.39, 0.29) is 0 Å². The van der Waals surface area contributed by atoms with Gasteiger partial charge in [0.1, 0.15) is 6.07 Å². The zero-order chi connectivity index (χ0) is 28.2. The molecule has 0 saturated heterocycles. The molecule has 0 aliphatic heterocycles. The minimum absolute atomic E-state index is 0.623. The fourth-order valence-corrected chi connectivity index (χ4v) is 8.20. The molecular formula is C38H20N2S2. The van der Waals surface area contributed by atoms with Crippen LogP contribution in [0.5, 0.6) is 0 Å². The standard InChI is InChI=1S/C38H20N2S2/c39-21-23-9-11-24(12-10-23)27-17-32(25-13-15-30-28-5-1-3-7-35(28)41-37(30)19-25)34(22-40)33(18-27)26-14-16-31-29-6-2-4-8-36(29)42-38(31)20-26/h1-20H. The van der Waals surface area contributed by atoms with Gasteiger partial charge in [-0.3, -0.25) is 0 Å². The number of benzene rings is 6. The third-order valence-corrected chi connectivity index (χ3v) is 10.2. The zero-order valence-electron chi connectivity index (χ0n) is 22.3. The maximum Gasteiger partial charge on any atom is 0.100 e. The summed E-state index contributed by atoms with van der Waals surface area (Å²) >= 11 is 3.56. The number of nitriles is 2. The fourth-order valence-electron chi connectivity index (χ4n) is 5.91. The smallest absolute Gasteiger partial charge is 0.100 e. The Morgan fingerprint density at radius 2 is 0.881 bits per heavy atom. The van der Waals surface area contributed by atoms with Crippen LogP contribution in [0.2, 0.25) is 0 Å². The Morgan fingerprint density at radius 1 is 0.405 bits per heavy atom. The lowest BCUT2D eigenvalue weighted by Gasteiger charge is -2.15. The van der Waals surface area contributed by atoms with Crippen LogP contribution in [-0.2, 0) is 0 Å². The molecule has 2 aromatic heterocycles. The second-order valence-corrected chi connectivity index (χ2v) is 12.5. The summed E-state index contributed by atoms with van der Waals surface area (Å²) in [5.74, 6) is 0. The molecule has 8 aromatic rings. The van der Waals surface area contributed by atoms with Gasteiger partial charge in [-0.1, -0.05) is 72.8 Å². The summed E-state index contributed by atoms with van der Waals surface area (Å²) in [5.41, 5.74) is 7.15. The van der Waals surface area contributed by atoms with Crippen LogP contribution in [-0.4, -0.2) is 0 Å². The minimum atomic E-state index is 0.623. The first kappa shape index (κ1) is 24.5. The summed E-state index contributed by atoms with van der Waals surface area (Å²) < 4.78 is 4.92. The molecule has 4 heteroatoms. The molecule has 0 aliphatic rings. The molecule has 0 atom stereocenters. The Morgan fingerprint density at radius 3 is 1.38 bits per heavy atom. The predicted molar refractivity (Wildman–Crippen MR) is 178 cm³/mol. The number of rotatable bonds is 3. The Labute approximate surface area is 250 Å². The van der Waals surface area contributed by atoms with Gasteiger partial charge in [-0.15, -0.1) is 22.7 Å². The van der Waals surface area contributed by atoms with E-state index in [2.05, 4.69) is 109 Å². The van der Waals surface area contributed by atoms with Gasteiger partial charge in [0.05, 0.1) is 17.2 Å². The van der Waals surface area contributed by atoms with Crippen molar-refractivity contribution < 1.29 is 0 Å². The molecule has 194 valence electrons. The number of hydrogen-bond acceptors (Lipinski definition) is 4. The van der Waals surface area contributed by atoms with E-state index < -0.39 is 0 Å². The number of thiophene rings is 2. The Hall–Kier alpha value is -5.26. The molecule has 0 amide bonds. The second kappa shape index (κ2) is 9.68. The molecule has 0 N–H and O–H groups in total. The largest absolute Gasteiger partial charge is 0.192 e. The molecule has 2 heterocycles. The van der Waals surface area contributed by atoms with Gasteiger partial charge in [0.15, 0.2) is 0 Å². The molecular weight excluding hydrogens is 549 g/mol. The maximum absolute atomic E-state index is 10.6. The Kier molecular flexibility index (Phi) is 5.66. The monoisotopic (exact) mass is 568 g/mol. The average molecular weight is 569 g/mol. The molecule has 0 unspecified atom stereocenters. The van der Waals surface area contributed by atoms with Crippen molar-refractivity contribution in [3.8, 4) is 45.5 Å². The number of hydrogen-bond donors (Lipinski definition) is 0. The van der Waals surface area contributed by atoms with Crippen molar-refractivity contribution in [2.45, 2.75) is 0 Å². The van der Waals surface area contributed by atoms with Crippen LogP contribution in [0, 0.1) is 22.7 Å². The van der Waals surface area contributed by atoms with E-state index in [4.69, 9.17) is 0 Å². The van der Waals surface area contributed by atoms with Crippen molar-refractivity contribution in [2.24, 2.45) is 0 Å². The van der Waals surface area contributed by atoms with E-state index in [1.807, 2.05) is 24.3 Å². The highest BCUT2D eigenvalue weighted by molar-refractivity contribution is 7.26. The van der Waals surface area contributed by atoms with Crippen molar-refractivity contribution in [1.29, 1.82) is 10.5 Å². The van der Waals surface area contributed by atoms with Crippen molar-refractivity contribution in [3.05, 3.63) is 132 Å². The summed E-state index contributed by atoms with van der Waals surface area (Å²) in [5, 5.41) is 25.0. The maximum atomic E-state index is 10.6. The molecule has 0 spiro atoms. The van der Waals surface area contributed by atoms with Gasteiger partial charge in [-0.25, -0.2) is 0 Å². The first-order chi connectivity index (χ1) is 20.7. The second-order valence-electron chi connectivity index (χ2n) is 10.4. The molecule has 8 rings (SSSR count). The third kappa shape index (κ3) is 3.90. The fraction of sp³-hybridized carbons (Fsp3) is 0. The molecule has 6 aromatic carbocycles. The molecule has 2 nitrogen and oxygen atoms in total. The predicted octanol–water partition coefficient (Wildman–Crippen LogP) is 11.2. The highest BCUT2D eigenvalue weighted by Gasteiger charge is 2.18. The van der Waals surface area contributed by atoms with Gasteiger partial charge in [-0.2, -0.15) is 10.5 Å². The van der Waals surface area contributed by atoms with Crippen molar-refractivity contribution in [3.63, 3.8) is 0 Å². The number of fused-ring (bicyclic) bond motifs is 6. The van der Waals surface area contributed by atoms with E-state index in [0.29, 0.717) is 11.1 Å². The van der Waals surface area contributed by atoms with Gasteiger partial charge in [0, 0.05) is 51.5 Å². The first-order valence-corrected chi connectivity index (χ1v) is 15.3. The summed E-state index contributed by atoms with van der Waals surface area (Å²) in [7, 11) is 0. The van der Waals surface area contributed by atoms with Crippen LogP contribution in [0.3, 0.4) is 0 Å². The summed E-state index contributed by atoms with van der Waals surface area (Å²) in [6.07, 6.45) is 0. The van der Waals surface area contributed by atoms with Crippen molar-refractivity contribution in [2.75, 3.05) is 0 Å². The molecule has 0 aliphatic carbocycles. The summed E-state index contributed by atoms with van der Waals surface area (Å²) in [4.78, 5) is 0. The summed E-state index contributed by atoms with van der Waals surface area (Å²) in [6.45, 7) is 0. The zero-order valence-corrected chi connectivity index (χ0v) is 23.9. The molecule has 42 heavy (non-hydrogen) atoms. The van der Waals surface area contributed by atoms with Crippen LogP contribution in [0.25, 0.3) is 73.7 Å². The normalized spacial score (nSPS) is 11.3. The first-order valence-electron chi connectivity index (χ1n) is 13.6. The highest BCUT2D eigenvalue weighted by Crippen LogP contribution is 2.42. The Balaban J connectivity index is 1.38. The van der Waals surface area contributed by atoms with Gasteiger partial charge < -0.3 is 0 Å². The quantitative estimate of drug-likeness (QED) is 0.213. The van der Waals surface area contributed by atoms with Crippen LogP contribution < -0.4 is 0 Å². The van der Waals surface area contributed by atoms with E-state index in [1.165, 1.54) is 40.3 Å². The van der Waals surface area contributed by atoms with E-state index >= 15 is 0 Å². The molecule has 0 radical (unpaired) electrons. The molecule has 0 bridgehead atoms. The average Bonchev–Trinajstić information content (AvgIpc) is 3.61. The lowest BCUT2D eigenvalue weighted by atomic mass is 9.88.